The highest BCUT2D eigenvalue weighted by Crippen LogP contribution is 2.24. The maximum atomic E-state index is 12.2. The van der Waals surface area contributed by atoms with E-state index in [-0.39, 0.29) is 17.9 Å². The van der Waals surface area contributed by atoms with Gasteiger partial charge in [0, 0.05) is 17.3 Å². The van der Waals surface area contributed by atoms with E-state index in [1.807, 2.05) is 0 Å². The van der Waals surface area contributed by atoms with Gasteiger partial charge in [0.25, 0.3) is 5.91 Å². The van der Waals surface area contributed by atoms with Crippen LogP contribution in [0.15, 0.2) is 11.3 Å². The number of carbonyl (C=O) groups excluding carboxylic acids is 2. The molecule has 1 atom stereocenters. The average molecular weight is 306 g/mol. The molecular formula is C14H18N4O4. The van der Waals surface area contributed by atoms with Crippen molar-refractivity contribution < 1.29 is 19.8 Å². The van der Waals surface area contributed by atoms with Crippen molar-refractivity contribution >= 4 is 18.2 Å². The standard InChI is InChI=1S/C14H18N4O4/c1-4-14(3)12(21)18(13(22)17-14)16-6-10-9(7-19)5-15-8(2)11(10)20/h5-6,19-20H,4,7H2,1-3H3,(H,17,22). The smallest absolute Gasteiger partial charge is 0.346 e. The van der Waals surface area contributed by atoms with Crippen LogP contribution in [0.1, 0.15) is 37.1 Å². The molecule has 1 unspecified atom stereocenters. The van der Waals surface area contributed by atoms with Crippen LogP contribution < -0.4 is 5.32 Å². The van der Waals surface area contributed by atoms with Crippen molar-refractivity contribution in [3.63, 3.8) is 0 Å². The highest BCUT2D eigenvalue weighted by molar-refractivity contribution is 6.07. The number of urea groups is 1. The molecule has 0 saturated carbocycles. The Bertz CT molecular complexity index is 658. The third-order valence-corrected chi connectivity index (χ3v) is 3.78. The summed E-state index contributed by atoms with van der Waals surface area (Å²) in [5.41, 5.74) is -0.0585. The highest BCUT2D eigenvalue weighted by Gasteiger charge is 2.46. The first-order valence-electron chi connectivity index (χ1n) is 6.83. The summed E-state index contributed by atoms with van der Waals surface area (Å²) in [7, 11) is 0. The summed E-state index contributed by atoms with van der Waals surface area (Å²) in [6.45, 7) is 4.65. The molecule has 1 aromatic rings. The van der Waals surface area contributed by atoms with E-state index in [2.05, 4.69) is 15.4 Å². The van der Waals surface area contributed by atoms with E-state index in [0.29, 0.717) is 17.7 Å². The first-order chi connectivity index (χ1) is 10.3. The van der Waals surface area contributed by atoms with Gasteiger partial charge in [-0.05, 0) is 20.3 Å². The molecule has 0 aliphatic carbocycles. The molecule has 118 valence electrons. The maximum Gasteiger partial charge on any atom is 0.346 e. The minimum absolute atomic E-state index is 0.152. The molecule has 3 N–H and O–H groups in total. The van der Waals surface area contributed by atoms with Gasteiger partial charge in [0.05, 0.1) is 18.5 Å². The minimum Gasteiger partial charge on any atom is -0.505 e. The molecule has 8 nitrogen and oxygen atoms in total. The summed E-state index contributed by atoms with van der Waals surface area (Å²) in [4.78, 5) is 28.0. The first-order valence-corrected chi connectivity index (χ1v) is 6.83. The lowest BCUT2D eigenvalue weighted by Crippen LogP contribution is -2.42. The van der Waals surface area contributed by atoms with Crippen molar-refractivity contribution in [1.29, 1.82) is 0 Å². The van der Waals surface area contributed by atoms with Crippen LogP contribution in [0.4, 0.5) is 4.79 Å². The highest BCUT2D eigenvalue weighted by atomic mass is 16.3. The number of imide groups is 1. The number of nitrogens with zero attached hydrogens (tertiary/aromatic N) is 3. The van der Waals surface area contributed by atoms with E-state index in [9.17, 15) is 19.8 Å². The van der Waals surface area contributed by atoms with Crippen LogP contribution in [-0.2, 0) is 11.4 Å². The zero-order valence-corrected chi connectivity index (χ0v) is 12.6. The number of amides is 3. The molecule has 1 fully saturated rings. The summed E-state index contributed by atoms with van der Waals surface area (Å²) in [5.74, 6) is -0.618. The Morgan fingerprint density at radius 2 is 2.18 bits per heavy atom. The third kappa shape index (κ3) is 2.52. The predicted octanol–water partition coefficient (Wildman–Crippen LogP) is 0.642. The van der Waals surface area contributed by atoms with Gasteiger partial charge < -0.3 is 15.5 Å². The number of nitrogens with one attached hydrogen (secondary N) is 1. The van der Waals surface area contributed by atoms with Crippen molar-refractivity contribution in [3.8, 4) is 5.75 Å². The second-order valence-corrected chi connectivity index (χ2v) is 5.27. The lowest BCUT2D eigenvalue weighted by atomic mass is 10.00. The molecule has 2 rings (SSSR count). The van der Waals surface area contributed by atoms with E-state index in [1.54, 1.807) is 20.8 Å². The molecular weight excluding hydrogens is 288 g/mol. The second-order valence-electron chi connectivity index (χ2n) is 5.27. The van der Waals surface area contributed by atoms with Gasteiger partial charge in [-0.3, -0.25) is 9.78 Å². The van der Waals surface area contributed by atoms with Crippen LogP contribution in [0.5, 0.6) is 5.75 Å². The molecule has 1 aliphatic heterocycles. The number of hydrazone groups is 1. The van der Waals surface area contributed by atoms with Gasteiger partial charge in [0.1, 0.15) is 11.3 Å². The Morgan fingerprint density at radius 3 is 2.73 bits per heavy atom. The number of aliphatic hydroxyl groups is 1. The van der Waals surface area contributed by atoms with Gasteiger partial charge in [0.2, 0.25) is 0 Å². The van der Waals surface area contributed by atoms with Gasteiger partial charge in [-0.25, -0.2) is 4.79 Å². The fourth-order valence-corrected chi connectivity index (χ4v) is 2.05. The average Bonchev–Trinajstić information content (AvgIpc) is 2.71. The van der Waals surface area contributed by atoms with E-state index in [4.69, 9.17) is 0 Å². The number of aliphatic hydroxyl groups excluding tert-OH is 1. The second kappa shape index (κ2) is 5.72. The van der Waals surface area contributed by atoms with Gasteiger partial charge in [-0.1, -0.05) is 6.92 Å². The lowest BCUT2D eigenvalue weighted by Gasteiger charge is -2.17. The summed E-state index contributed by atoms with van der Waals surface area (Å²) in [6, 6.07) is -0.624. The van der Waals surface area contributed by atoms with E-state index < -0.39 is 17.5 Å². The number of aryl methyl sites for hydroxylation is 1. The quantitative estimate of drug-likeness (QED) is 0.558. The van der Waals surface area contributed by atoms with Gasteiger partial charge in [0.15, 0.2) is 0 Å². The Kier molecular flexibility index (Phi) is 4.14. The third-order valence-electron chi connectivity index (χ3n) is 3.78. The lowest BCUT2D eigenvalue weighted by molar-refractivity contribution is -0.130. The summed E-state index contributed by atoms with van der Waals surface area (Å²) in [6.07, 6.45) is 3.01. The summed E-state index contributed by atoms with van der Waals surface area (Å²) >= 11 is 0. The van der Waals surface area contributed by atoms with Crippen LogP contribution in [0.3, 0.4) is 0 Å². The summed E-state index contributed by atoms with van der Waals surface area (Å²) < 4.78 is 0. The number of rotatable bonds is 4. The van der Waals surface area contributed by atoms with Crippen molar-refractivity contribution in [2.45, 2.75) is 39.3 Å². The number of aromatic nitrogens is 1. The summed E-state index contributed by atoms with van der Waals surface area (Å²) in [5, 5.41) is 26.4. The van der Waals surface area contributed by atoms with Crippen molar-refractivity contribution in [2.75, 3.05) is 0 Å². The normalized spacial score (nSPS) is 21.7. The van der Waals surface area contributed by atoms with E-state index in [0.717, 1.165) is 5.01 Å². The minimum atomic E-state index is -0.982. The van der Waals surface area contributed by atoms with Crippen molar-refractivity contribution in [1.82, 2.24) is 15.3 Å². The topological polar surface area (TPSA) is 115 Å². The monoisotopic (exact) mass is 306 g/mol. The fraction of sp³-hybridized carbons (Fsp3) is 0.429. The fourth-order valence-electron chi connectivity index (χ4n) is 2.05. The van der Waals surface area contributed by atoms with Crippen LogP contribution >= 0.6 is 0 Å². The Hall–Kier alpha value is -2.48. The number of aromatic hydroxyl groups is 1. The molecule has 8 heteroatoms. The number of carbonyl (C=O) groups is 2. The van der Waals surface area contributed by atoms with Crippen LogP contribution in [0.25, 0.3) is 0 Å². The maximum absolute atomic E-state index is 12.2. The molecule has 1 aliphatic rings. The first kappa shape index (κ1) is 15.9. The molecule has 1 saturated heterocycles. The molecule has 0 aromatic carbocycles. The van der Waals surface area contributed by atoms with Gasteiger partial charge >= 0.3 is 6.03 Å². The van der Waals surface area contributed by atoms with Crippen molar-refractivity contribution in [3.05, 3.63) is 23.0 Å². The Morgan fingerprint density at radius 1 is 1.50 bits per heavy atom. The Labute approximate surface area is 127 Å². The molecule has 3 amide bonds. The zero-order chi connectivity index (χ0) is 16.5. The molecule has 0 spiro atoms. The van der Waals surface area contributed by atoms with E-state index >= 15 is 0 Å². The van der Waals surface area contributed by atoms with Crippen molar-refractivity contribution in [2.24, 2.45) is 5.10 Å². The zero-order valence-electron chi connectivity index (χ0n) is 12.6. The van der Waals surface area contributed by atoms with Crippen LogP contribution in [0.2, 0.25) is 0 Å². The number of hydrogen-bond donors (Lipinski definition) is 3. The molecule has 22 heavy (non-hydrogen) atoms. The SMILES string of the molecule is CCC1(C)NC(=O)N(N=Cc2c(CO)cnc(C)c2O)C1=O. The molecule has 0 bridgehead atoms. The van der Waals surface area contributed by atoms with Gasteiger partial charge in [-0.2, -0.15) is 5.10 Å². The largest absolute Gasteiger partial charge is 0.505 e. The predicted molar refractivity (Wildman–Crippen MR) is 78.2 cm³/mol. The van der Waals surface area contributed by atoms with E-state index in [1.165, 1.54) is 12.4 Å². The Balaban J connectivity index is 2.36. The number of hydrogen-bond acceptors (Lipinski definition) is 6. The molecule has 2 heterocycles. The van der Waals surface area contributed by atoms with Gasteiger partial charge in [-0.15, -0.1) is 5.01 Å². The van der Waals surface area contributed by atoms with Crippen LogP contribution in [0, 0.1) is 6.92 Å². The molecule has 0 radical (unpaired) electrons. The molecule has 1 aromatic heterocycles. The number of pyridine rings is 1. The van der Waals surface area contributed by atoms with Crippen LogP contribution in [-0.4, -0.2) is 43.9 Å².